The molecule has 1 N–H and O–H groups in total. The summed E-state index contributed by atoms with van der Waals surface area (Å²) in [6.07, 6.45) is 0. The predicted molar refractivity (Wildman–Crippen MR) is 76.4 cm³/mol. The largest absolute Gasteiger partial charge is 0.309 e. The lowest BCUT2D eigenvalue weighted by atomic mass is 9.98. The number of rotatable bonds is 3. The number of halogens is 5. The Hall–Kier alpha value is -1.04. The lowest BCUT2D eigenvalue weighted by Crippen LogP contribution is -2.19. The molecular weight excluding hydrogens is 355 g/mol. The molecule has 106 valence electrons. The van der Waals surface area contributed by atoms with Crippen LogP contribution < -0.4 is 5.32 Å². The zero-order chi connectivity index (χ0) is 14.9. The molecule has 0 heterocycles. The van der Waals surface area contributed by atoms with Crippen LogP contribution in [0.15, 0.2) is 34.8 Å². The zero-order valence-electron chi connectivity index (χ0n) is 10.4. The van der Waals surface area contributed by atoms with Gasteiger partial charge < -0.3 is 5.32 Å². The average Bonchev–Trinajstić information content (AvgIpc) is 2.40. The van der Waals surface area contributed by atoms with E-state index in [1.54, 1.807) is 13.1 Å². The molecule has 2 aromatic carbocycles. The maximum atomic E-state index is 14.0. The Labute approximate surface area is 127 Å². The Bertz CT molecular complexity index is 649. The summed E-state index contributed by atoms with van der Waals surface area (Å²) >= 11 is 8.53. The molecule has 1 nitrogen and oxygen atoms in total. The van der Waals surface area contributed by atoms with E-state index in [1.165, 1.54) is 12.1 Å². The summed E-state index contributed by atoms with van der Waals surface area (Å²) in [5.74, 6) is -1.79. The van der Waals surface area contributed by atoms with Gasteiger partial charge in [-0.25, -0.2) is 13.2 Å². The number of hydrogen-bond acceptors (Lipinski definition) is 1. The van der Waals surface area contributed by atoms with E-state index in [4.69, 9.17) is 11.6 Å². The highest BCUT2D eigenvalue weighted by Crippen LogP contribution is 2.29. The Kier molecular flexibility index (Phi) is 4.73. The summed E-state index contributed by atoms with van der Waals surface area (Å²) in [7, 11) is 1.58. The van der Waals surface area contributed by atoms with Crippen LogP contribution in [-0.2, 0) is 0 Å². The fourth-order valence-corrected chi connectivity index (χ4v) is 2.39. The fraction of sp³-hybridized carbons (Fsp3) is 0.143. The molecule has 2 aromatic rings. The van der Waals surface area contributed by atoms with Crippen LogP contribution in [0, 0.1) is 17.5 Å². The first-order valence-corrected chi connectivity index (χ1v) is 6.87. The van der Waals surface area contributed by atoms with Crippen LogP contribution in [0.3, 0.4) is 0 Å². The molecule has 0 saturated carbocycles. The minimum atomic E-state index is -0.677. The molecule has 0 bridgehead atoms. The fourth-order valence-electron chi connectivity index (χ4n) is 1.95. The van der Waals surface area contributed by atoms with E-state index in [0.29, 0.717) is 5.56 Å². The molecule has 0 aromatic heterocycles. The highest BCUT2D eigenvalue weighted by Gasteiger charge is 2.19. The van der Waals surface area contributed by atoms with Gasteiger partial charge in [-0.1, -0.05) is 17.7 Å². The van der Waals surface area contributed by atoms with E-state index in [0.717, 1.165) is 12.1 Å². The van der Waals surface area contributed by atoms with Crippen molar-refractivity contribution in [2.24, 2.45) is 0 Å². The zero-order valence-corrected chi connectivity index (χ0v) is 12.7. The van der Waals surface area contributed by atoms with Crippen molar-refractivity contribution in [3.8, 4) is 0 Å². The molecule has 0 aliphatic rings. The van der Waals surface area contributed by atoms with Crippen LogP contribution in [0.4, 0.5) is 13.2 Å². The number of nitrogens with one attached hydrogen (secondary N) is 1. The molecule has 0 radical (unpaired) electrons. The second-order valence-corrected chi connectivity index (χ2v) is 5.44. The van der Waals surface area contributed by atoms with E-state index < -0.39 is 23.5 Å². The van der Waals surface area contributed by atoms with Gasteiger partial charge in [0, 0.05) is 5.56 Å². The van der Waals surface area contributed by atoms with Crippen molar-refractivity contribution in [2.75, 3.05) is 7.05 Å². The summed E-state index contributed by atoms with van der Waals surface area (Å²) in [6, 6.07) is 5.58. The van der Waals surface area contributed by atoms with Crippen LogP contribution in [0.2, 0.25) is 5.02 Å². The third kappa shape index (κ3) is 3.00. The second kappa shape index (κ2) is 6.16. The monoisotopic (exact) mass is 363 g/mol. The van der Waals surface area contributed by atoms with Crippen LogP contribution in [0.5, 0.6) is 0 Å². The Morgan fingerprint density at radius 3 is 2.35 bits per heavy atom. The summed E-state index contributed by atoms with van der Waals surface area (Å²) in [5.41, 5.74) is 0.546. The van der Waals surface area contributed by atoms with Gasteiger partial charge in [-0.2, -0.15) is 0 Å². The SMILES string of the molecule is CNC(c1ccc(Cl)c(F)c1)c1cc(F)c(Br)cc1F. The van der Waals surface area contributed by atoms with E-state index in [-0.39, 0.29) is 15.1 Å². The van der Waals surface area contributed by atoms with Crippen LogP contribution in [0.25, 0.3) is 0 Å². The van der Waals surface area contributed by atoms with Crippen molar-refractivity contribution in [3.05, 3.63) is 68.4 Å². The molecule has 20 heavy (non-hydrogen) atoms. The summed E-state index contributed by atoms with van der Waals surface area (Å²) < 4.78 is 41.1. The third-order valence-electron chi connectivity index (χ3n) is 2.92. The standard InChI is InChI=1S/C14H10BrClF3N/c1-20-14(7-2-3-10(16)13(19)4-7)8-5-12(18)9(15)6-11(8)17/h2-6,14,20H,1H3. The molecule has 0 aliphatic heterocycles. The first-order valence-electron chi connectivity index (χ1n) is 5.70. The molecule has 0 spiro atoms. The third-order valence-corrected chi connectivity index (χ3v) is 3.83. The van der Waals surface area contributed by atoms with Crippen molar-refractivity contribution in [3.63, 3.8) is 0 Å². The summed E-state index contributed by atoms with van der Waals surface area (Å²) in [6.45, 7) is 0. The van der Waals surface area contributed by atoms with Gasteiger partial charge in [0.05, 0.1) is 15.5 Å². The van der Waals surface area contributed by atoms with Gasteiger partial charge in [0.15, 0.2) is 0 Å². The van der Waals surface area contributed by atoms with Gasteiger partial charge in [-0.3, -0.25) is 0 Å². The first-order chi connectivity index (χ1) is 9.43. The maximum Gasteiger partial charge on any atom is 0.142 e. The van der Waals surface area contributed by atoms with Gasteiger partial charge in [0.25, 0.3) is 0 Å². The molecule has 0 fully saturated rings. The number of benzene rings is 2. The predicted octanol–water partition coefficient (Wildman–Crippen LogP) is 4.83. The first kappa shape index (κ1) is 15.4. The van der Waals surface area contributed by atoms with Crippen LogP contribution >= 0.6 is 27.5 Å². The van der Waals surface area contributed by atoms with Gasteiger partial charge in [0.2, 0.25) is 0 Å². The highest BCUT2D eigenvalue weighted by molar-refractivity contribution is 9.10. The minimum Gasteiger partial charge on any atom is -0.309 e. The van der Waals surface area contributed by atoms with Gasteiger partial charge in [0.1, 0.15) is 17.5 Å². The summed E-state index contributed by atoms with van der Waals surface area (Å²) in [4.78, 5) is 0. The topological polar surface area (TPSA) is 12.0 Å². The van der Waals surface area contributed by atoms with E-state index in [9.17, 15) is 13.2 Å². The Balaban J connectivity index is 2.52. The van der Waals surface area contributed by atoms with Gasteiger partial charge >= 0.3 is 0 Å². The maximum absolute atomic E-state index is 14.0. The van der Waals surface area contributed by atoms with Crippen LogP contribution in [0.1, 0.15) is 17.2 Å². The minimum absolute atomic E-state index is 0.0222. The van der Waals surface area contributed by atoms with Crippen molar-refractivity contribution in [1.29, 1.82) is 0 Å². The van der Waals surface area contributed by atoms with Crippen molar-refractivity contribution in [2.45, 2.75) is 6.04 Å². The smallest absolute Gasteiger partial charge is 0.142 e. The van der Waals surface area contributed by atoms with Gasteiger partial charge in [-0.05, 0) is 52.8 Å². The molecule has 1 unspecified atom stereocenters. The van der Waals surface area contributed by atoms with E-state index in [2.05, 4.69) is 21.2 Å². The average molecular weight is 365 g/mol. The Morgan fingerprint density at radius 2 is 1.75 bits per heavy atom. The lowest BCUT2D eigenvalue weighted by molar-refractivity contribution is 0.552. The van der Waals surface area contributed by atoms with Crippen molar-refractivity contribution >= 4 is 27.5 Å². The second-order valence-electron chi connectivity index (χ2n) is 4.18. The molecule has 0 saturated heterocycles. The molecule has 0 amide bonds. The number of hydrogen-bond donors (Lipinski definition) is 1. The molecule has 1 atom stereocenters. The van der Waals surface area contributed by atoms with E-state index in [1.807, 2.05) is 0 Å². The van der Waals surface area contributed by atoms with E-state index >= 15 is 0 Å². The van der Waals surface area contributed by atoms with Crippen molar-refractivity contribution < 1.29 is 13.2 Å². The lowest BCUT2D eigenvalue weighted by Gasteiger charge is -2.18. The Morgan fingerprint density at radius 1 is 1.05 bits per heavy atom. The quantitative estimate of drug-likeness (QED) is 0.769. The normalized spacial score (nSPS) is 12.5. The van der Waals surface area contributed by atoms with Gasteiger partial charge in [-0.15, -0.1) is 0 Å². The molecule has 6 heteroatoms. The van der Waals surface area contributed by atoms with Crippen LogP contribution in [-0.4, -0.2) is 7.05 Å². The van der Waals surface area contributed by atoms with Crippen molar-refractivity contribution in [1.82, 2.24) is 5.32 Å². The molecule has 0 aliphatic carbocycles. The molecular formula is C14H10BrClF3N. The summed E-state index contributed by atoms with van der Waals surface area (Å²) in [5, 5.41) is 2.81. The molecule has 2 rings (SSSR count). The highest BCUT2D eigenvalue weighted by atomic mass is 79.9.